The van der Waals surface area contributed by atoms with E-state index in [-0.39, 0.29) is 0 Å². The van der Waals surface area contributed by atoms with Crippen LogP contribution in [0.2, 0.25) is 0 Å². The molecule has 1 aromatic rings. The number of anilines is 1. The molecule has 1 aliphatic carbocycles. The first-order chi connectivity index (χ1) is 8.81. The van der Waals surface area contributed by atoms with Gasteiger partial charge in [0.05, 0.1) is 0 Å². The monoisotopic (exact) mass is 266 g/mol. The summed E-state index contributed by atoms with van der Waals surface area (Å²) in [6.45, 7) is 3.40. The molecule has 1 aliphatic heterocycles. The van der Waals surface area contributed by atoms with E-state index in [0.717, 1.165) is 17.3 Å². The summed E-state index contributed by atoms with van der Waals surface area (Å²) in [5, 5.41) is 7.52. The van der Waals surface area contributed by atoms with E-state index in [0.29, 0.717) is 12.1 Å². The summed E-state index contributed by atoms with van der Waals surface area (Å²) < 4.78 is 3.09. The van der Waals surface area contributed by atoms with Crippen LogP contribution in [0.25, 0.3) is 0 Å². The number of hydrogen-bond acceptors (Lipinski definition) is 3. The third kappa shape index (κ3) is 1.98. The lowest BCUT2D eigenvalue weighted by Gasteiger charge is -2.26. The van der Waals surface area contributed by atoms with Crippen LogP contribution >= 0.6 is 12.2 Å². The molecule has 1 atom stereocenters. The molecule has 2 aliphatic rings. The zero-order valence-corrected chi connectivity index (χ0v) is 11.9. The van der Waals surface area contributed by atoms with Crippen molar-refractivity contribution in [3.63, 3.8) is 0 Å². The van der Waals surface area contributed by atoms with Crippen molar-refractivity contribution in [3.8, 4) is 0 Å². The van der Waals surface area contributed by atoms with E-state index in [4.69, 9.17) is 12.2 Å². The average Bonchev–Trinajstić information content (AvgIpc) is 3.07. The molecule has 100 valence electrons. The molecule has 4 nitrogen and oxygen atoms in total. The van der Waals surface area contributed by atoms with Crippen molar-refractivity contribution in [1.82, 2.24) is 14.8 Å². The Morgan fingerprint density at radius 2 is 2.06 bits per heavy atom. The Balaban J connectivity index is 1.94. The second kappa shape index (κ2) is 5.03. The molecule has 0 aromatic carbocycles. The topological polar surface area (TPSA) is 36.9 Å². The Hall–Kier alpha value is -0.840. The normalized spacial score (nSPS) is 25.2. The van der Waals surface area contributed by atoms with E-state index in [1.54, 1.807) is 0 Å². The van der Waals surface area contributed by atoms with Crippen LogP contribution in [0.4, 0.5) is 5.95 Å². The first-order valence-corrected chi connectivity index (χ1v) is 7.65. The Morgan fingerprint density at radius 1 is 1.28 bits per heavy atom. The van der Waals surface area contributed by atoms with Gasteiger partial charge in [-0.25, -0.2) is 5.10 Å². The Kier molecular flexibility index (Phi) is 3.41. The summed E-state index contributed by atoms with van der Waals surface area (Å²) in [4.78, 5) is 2.46. The minimum absolute atomic E-state index is 0.573. The summed E-state index contributed by atoms with van der Waals surface area (Å²) in [5.41, 5.74) is 0. The molecule has 1 unspecified atom stereocenters. The quantitative estimate of drug-likeness (QED) is 0.852. The number of hydrogen-bond donors (Lipinski definition) is 1. The highest BCUT2D eigenvalue weighted by molar-refractivity contribution is 7.71. The maximum atomic E-state index is 5.44. The predicted molar refractivity (Wildman–Crippen MR) is 75.6 cm³/mol. The van der Waals surface area contributed by atoms with E-state index >= 15 is 0 Å². The summed E-state index contributed by atoms with van der Waals surface area (Å²) >= 11 is 5.44. The van der Waals surface area contributed by atoms with Crippen LogP contribution in [0.5, 0.6) is 0 Å². The summed E-state index contributed by atoms with van der Waals surface area (Å²) in [7, 11) is 0. The molecule has 0 radical (unpaired) electrons. The second-order valence-electron chi connectivity index (χ2n) is 5.53. The Labute approximate surface area is 113 Å². The van der Waals surface area contributed by atoms with Crippen LogP contribution in [0.15, 0.2) is 0 Å². The number of aromatic nitrogens is 3. The van der Waals surface area contributed by atoms with Gasteiger partial charge in [0, 0.05) is 18.6 Å². The Bertz CT molecular complexity index is 458. The molecule has 2 heterocycles. The van der Waals surface area contributed by atoms with Crippen molar-refractivity contribution in [3.05, 3.63) is 4.77 Å². The first kappa shape index (κ1) is 12.2. The van der Waals surface area contributed by atoms with Crippen LogP contribution < -0.4 is 4.90 Å². The van der Waals surface area contributed by atoms with Crippen molar-refractivity contribution in [2.75, 3.05) is 11.4 Å². The van der Waals surface area contributed by atoms with Crippen LogP contribution in [0.1, 0.15) is 57.9 Å². The van der Waals surface area contributed by atoms with Crippen LogP contribution in [0, 0.1) is 4.77 Å². The zero-order valence-electron chi connectivity index (χ0n) is 11.1. The minimum atomic E-state index is 0.573. The van der Waals surface area contributed by atoms with Crippen molar-refractivity contribution in [1.29, 1.82) is 0 Å². The first-order valence-electron chi connectivity index (χ1n) is 7.24. The van der Waals surface area contributed by atoms with Gasteiger partial charge in [-0.3, -0.25) is 4.57 Å². The van der Waals surface area contributed by atoms with Gasteiger partial charge >= 0.3 is 0 Å². The van der Waals surface area contributed by atoms with E-state index in [2.05, 4.69) is 26.6 Å². The highest BCUT2D eigenvalue weighted by Gasteiger charge is 2.30. The fourth-order valence-electron chi connectivity index (χ4n) is 3.51. The number of H-pyrrole nitrogens is 1. The van der Waals surface area contributed by atoms with Crippen molar-refractivity contribution >= 4 is 18.2 Å². The van der Waals surface area contributed by atoms with Gasteiger partial charge in [0.2, 0.25) is 5.95 Å². The van der Waals surface area contributed by atoms with E-state index in [9.17, 15) is 0 Å². The van der Waals surface area contributed by atoms with Gasteiger partial charge in [-0.15, -0.1) is 5.10 Å². The van der Waals surface area contributed by atoms with Gasteiger partial charge in [-0.1, -0.05) is 19.8 Å². The number of rotatable bonds is 3. The SMILES string of the molecule is CCC1CCCN1c1n[nH]c(=S)n1C1CCCC1. The number of nitrogens with zero attached hydrogens (tertiary/aromatic N) is 3. The van der Waals surface area contributed by atoms with Crippen LogP contribution in [-0.4, -0.2) is 27.4 Å². The third-order valence-corrected chi connectivity index (χ3v) is 4.77. The summed E-state index contributed by atoms with van der Waals surface area (Å²) in [5.74, 6) is 1.09. The van der Waals surface area contributed by atoms with Gasteiger partial charge in [-0.2, -0.15) is 0 Å². The molecular weight excluding hydrogens is 244 g/mol. The summed E-state index contributed by atoms with van der Waals surface area (Å²) in [6, 6.07) is 1.22. The van der Waals surface area contributed by atoms with E-state index in [1.165, 1.54) is 44.9 Å². The van der Waals surface area contributed by atoms with Gasteiger partial charge in [0.15, 0.2) is 4.77 Å². The van der Waals surface area contributed by atoms with Crippen molar-refractivity contribution in [2.24, 2.45) is 0 Å². The fraction of sp³-hybridized carbons (Fsp3) is 0.846. The molecule has 2 fully saturated rings. The fourth-order valence-corrected chi connectivity index (χ4v) is 3.79. The lowest BCUT2D eigenvalue weighted by molar-refractivity contribution is 0.500. The van der Waals surface area contributed by atoms with Gasteiger partial charge < -0.3 is 4.90 Å². The smallest absolute Gasteiger partial charge is 0.226 e. The molecule has 1 saturated heterocycles. The minimum Gasteiger partial charge on any atom is -0.338 e. The Morgan fingerprint density at radius 3 is 2.78 bits per heavy atom. The van der Waals surface area contributed by atoms with E-state index < -0.39 is 0 Å². The average molecular weight is 266 g/mol. The maximum Gasteiger partial charge on any atom is 0.226 e. The highest BCUT2D eigenvalue weighted by atomic mass is 32.1. The summed E-state index contributed by atoms with van der Waals surface area (Å²) in [6.07, 6.45) is 8.94. The standard InChI is InChI=1S/C13H22N4S/c1-2-10-8-5-9-16(10)12-14-15-13(18)17(12)11-6-3-4-7-11/h10-11H,2-9H2,1H3,(H,15,18). The van der Waals surface area contributed by atoms with Crippen molar-refractivity contribution < 1.29 is 0 Å². The lowest BCUT2D eigenvalue weighted by atomic mass is 10.2. The predicted octanol–water partition coefficient (Wildman–Crippen LogP) is 3.43. The third-order valence-electron chi connectivity index (χ3n) is 4.48. The highest BCUT2D eigenvalue weighted by Crippen LogP contribution is 2.34. The second-order valence-corrected chi connectivity index (χ2v) is 5.92. The molecule has 3 rings (SSSR count). The largest absolute Gasteiger partial charge is 0.338 e. The van der Waals surface area contributed by atoms with Crippen LogP contribution in [0.3, 0.4) is 0 Å². The molecule has 0 amide bonds. The van der Waals surface area contributed by atoms with Gasteiger partial charge in [-0.05, 0) is 44.3 Å². The molecule has 1 aromatic heterocycles. The molecule has 5 heteroatoms. The molecule has 18 heavy (non-hydrogen) atoms. The molecule has 0 spiro atoms. The molecule has 1 saturated carbocycles. The molecule has 0 bridgehead atoms. The number of aromatic amines is 1. The molecule has 1 N–H and O–H groups in total. The van der Waals surface area contributed by atoms with Gasteiger partial charge in [0.25, 0.3) is 0 Å². The number of nitrogens with one attached hydrogen (secondary N) is 1. The van der Waals surface area contributed by atoms with E-state index in [1.807, 2.05) is 0 Å². The van der Waals surface area contributed by atoms with Gasteiger partial charge in [0.1, 0.15) is 0 Å². The zero-order chi connectivity index (χ0) is 12.5. The maximum absolute atomic E-state index is 5.44. The van der Waals surface area contributed by atoms with Crippen molar-refractivity contribution in [2.45, 2.75) is 64.0 Å². The lowest BCUT2D eigenvalue weighted by Crippen LogP contribution is -2.31. The molecular formula is C13H22N4S. The van der Waals surface area contributed by atoms with Crippen LogP contribution in [-0.2, 0) is 0 Å².